The second kappa shape index (κ2) is 6.60. The van der Waals surface area contributed by atoms with Crippen molar-refractivity contribution in [1.82, 2.24) is 4.90 Å². The molecule has 1 aromatic carbocycles. The van der Waals surface area contributed by atoms with Gasteiger partial charge in [0.1, 0.15) is 0 Å². The van der Waals surface area contributed by atoms with Gasteiger partial charge in [-0.3, -0.25) is 14.4 Å². The van der Waals surface area contributed by atoms with Crippen molar-refractivity contribution in [1.29, 1.82) is 0 Å². The third kappa shape index (κ3) is 3.27. The zero-order chi connectivity index (χ0) is 16.2. The van der Waals surface area contributed by atoms with Crippen molar-refractivity contribution in [3.63, 3.8) is 0 Å². The zero-order valence-corrected chi connectivity index (χ0v) is 12.6. The molecule has 1 saturated heterocycles. The first-order valence-corrected chi connectivity index (χ1v) is 7.22. The number of esters is 1. The molecular formula is C16H20N2O4. The van der Waals surface area contributed by atoms with Gasteiger partial charge in [0.15, 0.2) is 6.61 Å². The first kappa shape index (κ1) is 16.0. The number of primary amides is 1. The molecule has 22 heavy (non-hydrogen) atoms. The van der Waals surface area contributed by atoms with Gasteiger partial charge in [0, 0.05) is 20.0 Å². The van der Waals surface area contributed by atoms with Gasteiger partial charge < -0.3 is 15.4 Å². The summed E-state index contributed by atoms with van der Waals surface area (Å²) in [7, 11) is 0. The van der Waals surface area contributed by atoms with Crippen LogP contribution < -0.4 is 5.73 Å². The number of benzene rings is 1. The van der Waals surface area contributed by atoms with E-state index in [1.807, 2.05) is 30.3 Å². The third-order valence-corrected chi connectivity index (χ3v) is 4.12. The number of hydrogen-bond acceptors (Lipinski definition) is 4. The van der Waals surface area contributed by atoms with Crippen molar-refractivity contribution in [2.45, 2.75) is 25.2 Å². The highest BCUT2D eigenvalue weighted by atomic mass is 16.5. The molecule has 0 spiro atoms. The molecule has 0 saturated carbocycles. The van der Waals surface area contributed by atoms with Crippen LogP contribution in [0.4, 0.5) is 0 Å². The monoisotopic (exact) mass is 304 g/mol. The molecule has 118 valence electrons. The summed E-state index contributed by atoms with van der Waals surface area (Å²) >= 11 is 0. The lowest BCUT2D eigenvalue weighted by Crippen LogP contribution is -2.49. The number of hydrogen-bond donors (Lipinski definition) is 1. The van der Waals surface area contributed by atoms with E-state index in [9.17, 15) is 14.4 Å². The van der Waals surface area contributed by atoms with Gasteiger partial charge in [-0.15, -0.1) is 0 Å². The quantitative estimate of drug-likeness (QED) is 0.825. The average molecular weight is 304 g/mol. The van der Waals surface area contributed by atoms with Crippen LogP contribution in [0.15, 0.2) is 30.3 Å². The van der Waals surface area contributed by atoms with E-state index < -0.39 is 23.9 Å². The summed E-state index contributed by atoms with van der Waals surface area (Å²) in [5, 5.41) is 0. The Morgan fingerprint density at radius 2 is 1.77 bits per heavy atom. The molecule has 0 aromatic heterocycles. The lowest BCUT2D eigenvalue weighted by molar-refractivity contribution is -0.156. The van der Waals surface area contributed by atoms with Crippen molar-refractivity contribution >= 4 is 17.8 Å². The highest BCUT2D eigenvalue weighted by Gasteiger charge is 2.44. The van der Waals surface area contributed by atoms with Crippen molar-refractivity contribution < 1.29 is 19.1 Å². The lowest BCUT2D eigenvalue weighted by Gasteiger charge is -2.39. The number of rotatable bonds is 4. The summed E-state index contributed by atoms with van der Waals surface area (Å²) in [6.07, 6.45) is 0.933. The molecule has 2 amide bonds. The lowest BCUT2D eigenvalue weighted by atomic mass is 9.72. The molecule has 1 aromatic rings. The Morgan fingerprint density at radius 3 is 2.27 bits per heavy atom. The highest BCUT2D eigenvalue weighted by Crippen LogP contribution is 2.36. The predicted molar refractivity (Wildman–Crippen MR) is 79.8 cm³/mol. The summed E-state index contributed by atoms with van der Waals surface area (Å²) in [5.41, 5.74) is 5.05. The normalized spacial score (nSPS) is 16.9. The van der Waals surface area contributed by atoms with Gasteiger partial charge in [-0.25, -0.2) is 0 Å². The average Bonchev–Trinajstić information content (AvgIpc) is 2.53. The summed E-state index contributed by atoms with van der Waals surface area (Å²) in [5.74, 6) is -1.15. The number of carbonyl (C=O) groups is 3. The predicted octanol–water partition coefficient (Wildman–Crippen LogP) is 0.595. The fraction of sp³-hybridized carbons (Fsp3) is 0.438. The van der Waals surface area contributed by atoms with Crippen LogP contribution in [0.25, 0.3) is 0 Å². The van der Waals surface area contributed by atoms with E-state index in [1.54, 1.807) is 4.90 Å². The first-order chi connectivity index (χ1) is 10.5. The van der Waals surface area contributed by atoms with E-state index in [1.165, 1.54) is 6.92 Å². The Hall–Kier alpha value is -2.37. The number of likely N-dealkylation sites (tertiary alicyclic amines) is 1. The van der Waals surface area contributed by atoms with E-state index >= 15 is 0 Å². The molecule has 2 rings (SSSR count). The van der Waals surface area contributed by atoms with Crippen molar-refractivity contribution in [2.75, 3.05) is 19.7 Å². The van der Waals surface area contributed by atoms with Crippen molar-refractivity contribution in [2.24, 2.45) is 5.73 Å². The van der Waals surface area contributed by atoms with Gasteiger partial charge >= 0.3 is 5.97 Å². The van der Waals surface area contributed by atoms with Gasteiger partial charge in [-0.2, -0.15) is 0 Å². The van der Waals surface area contributed by atoms with Crippen LogP contribution in [0.3, 0.4) is 0 Å². The maximum Gasteiger partial charge on any atom is 0.317 e. The Morgan fingerprint density at radius 1 is 1.18 bits per heavy atom. The van der Waals surface area contributed by atoms with Gasteiger partial charge in [-0.1, -0.05) is 30.3 Å². The van der Waals surface area contributed by atoms with Gasteiger partial charge in [0.2, 0.25) is 5.91 Å². The Labute approximate surface area is 129 Å². The third-order valence-electron chi connectivity index (χ3n) is 4.12. The number of amides is 2. The maximum atomic E-state index is 12.6. The number of nitrogens with zero attached hydrogens (tertiary/aromatic N) is 1. The largest absolute Gasteiger partial charge is 0.455 e. The van der Waals surface area contributed by atoms with Gasteiger partial charge in [0.05, 0.1) is 5.41 Å². The minimum atomic E-state index is -0.831. The molecule has 1 aliphatic rings. The molecule has 0 unspecified atom stereocenters. The van der Waals surface area contributed by atoms with Gasteiger partial charge in [-0.05, 0) is 18.4 Å². The Bertz CT molecular complexity index is 563. The number of nitrogens with two attached hydrogens (primary N) is 1. The smallest absolute Gasteiger partial charge is 0.317 e. The molecule has 0 bridgehead atoms. The Kier molecular flexibility index (Phi) is 4.80. The van der Waals surface area contributed by atoms with Crippen molar-refractivity contribution in [3.8, 4) is 0 Å². The fourth-order valence-corrected chi connectivity index (χ4v) is 2.85. The molecule has 6 heteroatoms. The van der Waals surface area contributed by atoms with Gasteiger partial charge in [0.25, 0.3) is 5.91 Å². The standard InChI is InChI=1S/C16H20N2O4/c1-12(19)18-9-7-16(8-10-18,13-5-3-2-4-6-13)15(21)22-11-14(17)20/h2-6H,7-11H2,1H3,(H2,17,20). The van der Waals surface area contributed by atoms with E-state index in [2.05, 4.69) is 0 Å². The topological polar surface area (TPSA) is 89.7 Å². The van der Waals surface area contributed by atoms with Crippen LogP contribution in [-0.4, -0.2) is 42.4 Å². The number of ether oxygens (including phenoxy) is 1. The summed E-state index contributed by atoms with van der Waals surface area (Å²) in [6, 6.07) is 9.33. The summed E-state index contributed by atoms with van der Waals surface area (Å²) in [6.45, 7) is 2.05. The van der Waals surface area contributed by atoms with Crippen LogP contribution in [0.2, 0.25) is 0 Å². The molecule has 1 heterocycles. The molecule has 0 atom stereocenters. The minimum Gasteiger partial charge on any atom is -0.455 e. The Balaban J connectivity index is 2.25. The number of piperidine rings is 1. The minimum absolute atomic E-state index is 0.00725. The second-order valence-electron chi connectivity index (χ2n) is 5.50. The van der Waals surface area contributed by atoms with Crippen molar-refractivity contribution in [3.05, 3.63) is 35.9 Å². The van der Waals surface area contributed by atoms with Crippen LogP contribution >= 0.6 is 0 Å². The molecular weight excluding hydrogens is 284 g/mol. The maximum absolute atomic E-state index is 12.6. The SMILES string of the molecule is CC(=O)N1CCC(C(=O)OCC(N)=O)(c2ccccc2)CC1. The van der Waals surface area contributed by atoms with Crippen LogP contribution in [0, 0.1) is 0 Å². The highest BCUT2D eigenvalue weighted by molar-refractivity contribution is 5.86. The number of carbonyl (C=O) groups excluding carboxylic acids is 3. The fourth-order valence-electron chi connectivity index (χ4n) is 2.85. The van der Waals surface area contributed by atoms with E-state index in [0.717, 1.165) is 5.56 Å². The van der Waals surface area contributed by atoms with E-state index in [4.69, 9.17) is 10.5 Å². The molecule has 1 fully saturated rings. The second-order valence-corrected chi connectivity index (χ2v) is 5.50. The van der Waals surface area contributed by atoms with E-state index in [-0.39, 0.29) is 5.91 Å². The molecule has 1 aliphatic heterocycles. The van der Waals surface area contributed by atoms with Crippen LogP contribution in [-0.2, 0) is 24.5 Å². The van der Waals surface area contributed by atoms with E-state index in [0.29, 0.717) is 25.9 Å². The summed E-state index contributed by atoms with van der Waals surface area (Å²) < 4.78 is 5.08. The zero-order valence-electron chi connectivity index (χ0n) is 12.6. The van der Waals surface area contributed by atoms with Crippen LogP contribution in [0.1, 0.15) is 25.3 Å². The molecule has 0 aliphatic carbocycles. The van der Waals surface area contributed by atoms with Crippen LogP contribution in [0.5, 0.6) is 0 Å². The molecule has 6 nitrogen and oxygen atoms in total. The first-order valence-electron chi connectivity index (χ1n) is 7.22. The molecule has 2 N–H and O–H groups in total. The summed E-state index contributed by atoms with van der Waals surface area (Å²) in [4.78, 5) is 36.6. The molecule has 0 radical (unpaired) electrons.